The lowest BCUT2D eigenvalue weighted by atomic mass is 10.0. The molecular formula is C24H26FN7OS. The molecule has 0 saturated carbocycles. The van der Waals surface area contributed by atoms with Crippen molar-refractivity contribution >= 4 is 44.7 Å². The van der Waals surface area contributed by atoms with Gasteiger partial charge in [0.1, 0.15) is 16.5 Å². The number of hydrogen-bond acceptors (Lipinski definition) is 8. The molecule has 2 aliphatic heterocycles. The molecule has 0 unspecified atom stereocenters. The van der Waals surface area contributed by atoms with Gasteiger partial charge in [-0.2, -0.15) is 10.1 Å². The number of nitrogens with one attached hydrogen (secondary N) is 2. The first kappa shape index (κ1) is 21.5. The van der Waals surface area contributed by atoms with Gasteiger partial charge in [0.25, 0.3) is 0 Å². The summed E-state index contributed by atoms with van der Waals surface area (Å²) in [6.07, 6.45) is 6.01. The number of anilines is 4. The quantitative estimate of drug-likeness (QED) is 0.409. The second-order valence-corrected chi connectivity index (χ2v) is 9.78. The largest absolute Gasteiger partial charge is 0.378 e. The Morgan fingerprint density at radius 1 is 1.09 bits per heavy atom. The molecule has 0 radical (unpaired) electrons. The zero-order chi connectivity index (χ0) is 23.1. The van der Waals surface area contributed by atoms with Gasteiger partial charge >= 0.3 is 0 Å². The van der Waals surface area contributed by atoms with Gasteiger partial charge in [0, 0.05) is 25.0 Å². The third kappa shape index (κ3) is 4.24. The van der Waals surface area contributed by atoms with Crippen LogP contribution in [0.1, 0.15) is 24.4 Å². The Hall–Kier alpha value is -3.08. The van der Waals surface area contributed by atoms with Crippen LogP contribution in [0, 0.1) is 12.7 Å². The molecule has 5 heterocycles. The van der Waals surface area contributed by atoms with Crippen LogP contribution in [0.3, 0.4) is 0 Å². The molecule has 2 fully saturated rings. The number of likely N-dealkylation sites (tertiary alicyclic amines) is 1. The monoisotopic (exact) mass is 479 g/mol. The van der Waals surface area contributed by atoms with Gasteiger partial charge in [0.15, 0.2) is 0 Å². The van der Waals surface area contributed by atoms with Crippen LogP contribution in [0.25, 0.3) is 10.2 Å². The van der Waals surface area contributed by atoms with E-state index in [2.05, 4.69) is 30.7 Å². The molecule has 0 atom stereocenters. The van der Waals surface area contributed by atoms with Crippen molar-refractivity contribution in [3.63, 3.8) is 0 Å². The number of thiophene rings is 1. The van der Waals surface area contributed by atoms with Crippen molar-refractivity contribution in [3.05, 3.63) is 53.4 Å². The number of hydrogen-bond donors (Lipinski definition) is 2. The van der Waals surface area contributed by atoms with Crippen LogP contribution in [-0.4, -0.2) is 57.0 Å². The summed E-state index contributed by atoms with van der Waals surface area (Å²) < 4.78 is 21.1. The molecule has 1 aromatic carbocycles. The van der Waals surface area contributed by atoms with Crippen LogP contribution in [0.4, 0.5) is 27.5 Å². The molecule has 0 aliphatic carbocycles. The fraction of sp³-hybridized carbons (Fsp3) is 0.375. The van der Waals surface area contributed by atoms with E-state index in [-0.39, 0.29) is 5.82 Å². The van der Waals surface area contributed by atoms with E-state index in [1.807, 2.05) is 25.4 Å². The summed E-state index contributed by atoms with van der Waals surface area (Å²) in [6, 6.07) is 7.36. The van der Waals surface area contributed by atoms with Crippen molar-refractivity contribution in [2.45, 2.75) is 31.8 Å². The summed E-state index contributed by atoms with van der Waals surface area (Å²) in [5, 5.41) is 14.2. The Morgan fingerprint density at radius 2 is 1.94 bits per heavy atom. The van der Waals surface area contributed by atoms with Crippen molar-refractivity contribution in [2.24, 2.45) is 0 Å². The SMILES string of the molecule is Cc1csc2nc(Nc3cnn(C4CCN(C5COC5)CC4)c3)nc(Nc3cccc(F)c3)c12. The van der Waals surface area contributed by atoms with E-state index < -0.39 is 0 Å². The minimum absolute atomic E-state index is 0.296. The van der Waals surface area contributed by atoms with E-state index in [0.29, 0.717) is 29.5 Å². The molecule has 0 bridgehead atoms. The Balaban J connectivity index is 1.20. The maximum atomic E-state index is 13.7. The minimum Gasteiger partial charge on any atom is -0.378 e. The molecule has 34 heavy (non-hydrogen) atoms. The van der Waals surface area contributed by atoms with Crippen LogP contribution in [0.5, 0.6) is 0 Å². The number of rotatable bonds is 6. The van der Waals surface area contributed by atoms with Crippen LogP contribution >= 0.6 is 11.3 Å². The highest BCUT2D eigenvalue weighted by atomic mass is 32.1. The number of fused-ring (bicyclic) bond motifs is 1. The average Bonchev–Trinajstić information content (AvgIpc) is 3.40. The summed E-state index contributed by atoms with van der Waals surface area (Å²) in [5.74, 6) is 0.833. The first-order chi connectivity index (χ1) is 16.6. The second kappa shape index (κ2) is 8.94. The predicted molar refractivity (Wildman–Crippen MR) is 132 cm³/mol. The normalized spacial score (nSPS) is 17.7. The van der Waals surface area contributed by atoms with Crippen LogP contribution in [0.2, 0.25) is 0 Å². The molecule has 6 rings (SSSR count). The summed E-state index contributed by atoms with van der Waals surface area (Å²) >= 11 is 1.56. The van der Waals surface area contributed by atoms with E-state index in [1.165, 1.54) is 12.1 Å². The van der Waals surface area contributed by atoms with Gasteiger partial charge in [-0.15, -0.1) is 11.3 Å². The predicted octanol–water partition coefficient (Wildman–Crippen LogP) is 4.86. The highest BCUT2D eigenvalue weighted by molar-refractivity contribution is 7.17. The third-order valence-electron chi connectivity index (χ3n) is 6.57. The van der Waals surface area contributed by atoms with E-state index in [9.17, 15) is 4.39 Å². The molecule has 4 aromatic rings. The lowest BCUT2D eigenvalue weighted by molar-refractivity contribution is -0.0734. The zero-order valence-corrected chi connectivity index (χ0v) is 19.7. The van der Waals surface area contributed by atoms with Gasteiger partial charge < -0.3 is 15.4 Å². The van der Waals surface area contributed by atoms with Gasteiger partial charge in [-0.25, -0.2) is 9.37 Å². The minimum atomic E-state index is -0.296. The molecule has 2 aliphatic rings. The number of nitrogens with zero attached hydrogens (tertiary/aromatic N) is 5. The maximum absolute atomic E-state index is 13.7. The third-order valence-corrected chi connectivity index (χ3v) is 7.56. The Morgan fingerprint density at radius 3 is 2.71 bits per heavy atom. The van der Waals surface area contributed by atoms with Crippen molar-refractivity contribution in [2.75, 3.05) is 36.9 Å². The Bertz CT molecular complexity index is 1310. The molecule has 0 amide bonds. The van der Waals surface area contributed by atoms with Crippen LogP contribution < -0.4 is 10.6 Å². The van der Waals surface area contributed by atoms with Crippen molar-refractivity contribution < 1.29 is 9.13 Å². The molecule has 176 valence electrons. The van der Waals surface area contributed by atoms with E-state index in [0.717, 1.165) is 60.6 Å². The smallest absolute Gasteiger partial charge is 0.230 e. The number of benzene rings is 1. The topological polar surface area (TPSA) is 80.1 Å². The van der Waals surface area contributed by atoms with Gasteiger partial charge in [-0.3, -0.25) is 9.58 Å². The van der Waals surface area contributed by atoms with Crippen molar-refractivity contribution in [1.29, 1.82) is 0 Å². The van der Waals surface area contributed by atoms with Crippen LogP contribution in [0.15, 0.2) is 42.0 Å². The fourth-order valence-electron chi connectivity index (χ4n) is 4.61. The Kier molecular flexibility index (Phi) is 5.64. The molecular weight excluding hydrogens is 453 g/mol. The molecule has 10 heteroatoms. The lowest BCUT2D eigenvalue weighted by Crippen LogP contribution is -2.51. The average molecular weight is 480 g/mol. The van der Waals surface area contributed by atoms with E-state index in [1.54, 1.807) is 17.4 Å². The summed E-state index contributed by atoms with van der Waals surface area (Å²) in [7, 11) is 0. The number of ether oxygens (including phenoxy) is 1. The Labute approximate surface area is 200 Å². The van der Waals surface area contributed by atoms with E-state index >= 15 is 0 Å². The number of piperidine rings is 1. The molecule has 2 saturated heterocycles. The highest BCUT2D eigenvalue weighted by Gasteiger charge is 2.30. The van der Waals surface area contributed by atoms with E-state index in [4.69, 9.17) is 14.7 Å². The van der Waals surface area contributed by atoms with Gasteiger partial charge in [0.05, 0.1) is 42.6 Å². The number of halogens is 1. The van der Waals surface area contributed by atoms with Gasteiger partial charge in [0.2, 0.25) is 5.95 Å². The zero-order valence-electron chi connectivity index (χ0n) is 18.9. The molecule has 8 nitrogen and oxygen atoms in total. The molecule has 0 spiro atoms. The van der Waals surface area contributed by atoms with Gasteiger partial charge in [-0.1, -0.05) is 6.07 Å². The summed E-state index contributed by atoms with van der Waals surface area (Å²) in [6.45, 7) is 5.91. The van der Waals surface area contributed by atoms with Gasteiger partial charge in [-0.05, 0) is 48.9 Å². The number of aryl methyl sites for hydroxylation is 1. The lowest BCUT2D eigenvalue weighted by Gasteiger charge is -2.41. The second-order valence-electron chi connectivity index (χ2n) is 8.92. The summed E-state index contributed by atoms with van der Waals surface area (Å²) in [4.78, 5) is 12.8. The van der Waals surface area contributed by atoms with Crippen molar-refractivity contribution in [3.8, 4) is 0 Å². The summed E-state index contributed by atoms with van der Waals surface area (Å²) in [5.41, 5.74) is 2.57. The first-order valence-electron chi connectivity index (χ1n) is 11.5. The standard InChI is InChI=1S/C24H26FN7OS/c1-15-14-34-23-21(15)22(27-17-4-2-3-16(25)9-17)29-24(30-23)28-18-10-26-32(11-18)19-5-7-31(8-6-19)20-12-33-13-20/h2-4,9-11,14,19-20H,5-8,12-13H2,1H3,(H2,27,28,29,30). The highest BCUT2D eigenvalue weighted by Crippen LogP contribution is 2.33. The number of aromatic nitrogens is 4. The fourth-order valence-corrected chi connectivity index (χ4v) is 5.54. The molecule has 2 N–H and O–H groups in total. The van der Waals surface area contributed by atoms with Crippen LogP contribution in [-0.2, 0) is 4.74 Å². The first-order valence-corrected chi connectivity index (χ1v) is 12.4. The maximum Gasteiger partial charge on any atom is 0.230 e. The molecule has 3 aromatic heterocycles. The van der Waals surface area contributed by atoms with Crippen molar-refractivity contribution in [1.82, 2.24) is 24.6 Å².